The van der Waals surface area contributed by atoms with Gasteiger partial charge in [0.05, 0.1) is 27.0 Å². The molecule has 0 spiro atoms. The maximum Gasteiger partial charge on any atom is 0.348 e. The summed E-state index contributed by atoms with van der Waals surface area (Å²) >= 11 is 1.32. The van der Waals surface area contributed by atoms with Crippen LogP contribution in [-0.4, -0.2) is 39.8 Å². The third-order valence-corrected chi connectivity index (χ3v) is 3.95. The zero-order valence-corrected chi connectivity index (χ0v) is 12.7. The molecule has 21 heavy (non-hydrogen) atoms. The van der Waals surface area contributed by atoms with Gasteiger partial charge in [-0.2, -0.15) is 0 Å². The molecule has 0 amide bonds. The van der Waals surface area contributed by atoms with Crippen molar-refractivity contribution in [1.82, 2.24) is 0 Å². The van der Waals surface area contributed by atoms with Crippen molar-refractivity contribution in [2.24, 2.45) is 0 Å². The van der Waals surface area contributed by atoms with E-state index in [0.717, 1.165) is 10.1 Å². The number of rotatable bonds is 5. The number of thiophene rings is 1. The average molecular weight is 309 g/mol. The molecule has 0 unspecified atom stereocenters. The average Bonchev–Trinajstić information content (AvgIpc) is 2.93. The molecule has 1 heterocycles. The lowest BCUT2D eigenvalue weighted by Gasteiger charge is -2.10. The van der Waals surface area contributed by atoms with Crippen molar-refractivity contribution in [2.45, 2.75) is 0 Å². The van der Waals surface area contributed by atoms with E-state index >= 15 is 0 Å². The Bertz CT molecular complexity index is 679. The molecule has 1 N–H and O–H groups in total. The van der Waals surface area contributed by atoms with Crippen molar-refractivity contribution in [3.05, 3.63) is 23.1 Å². The van der Waals surface area contributed by atoms with E-state index in [1.165, 1.54) is 25.6 Å². The quantitative estimate of drug-likeness (QED) is 0.854. The predicted octanol–water partition coefficient (Wildman–Crippen LogP) is 2.28. The van der Waals surface area contributed by atoms with Crippen molar-refractivity contribution in [3.63, 3.8) is 0 Å². The normalized spacial score (nSPS) is 10.2. The number of esters is 2. The van der Waals surface area contributed by atoms with Crippen LogP contribution in [0.1, 0.15) is 9.67 Å². The van der Waals surface area contributed by atoms with Crippen LogP contribution in [0.15, 0.2) is 18.2 Å². The molecule has 0 aliphatic carbocycles. The van der Waals surface area contributed by atoms with Crippen LogP contribution in [0, 0.1) is 0 Å². The van der Waals surface area contributed by atoms with Crippen LogP contribution in [0.25, 0.3) is 10.1 Å². The summed E-state index contributed by atoms with van der Waals surface area (Å²) in [6.45, 7) is 0.0341. The molecular weight excluding hydrogens is 294 g/mol. The highest BCUT2D eigenvalue weighted by atomic mass is 32.1. The van der Waals surface area contributed by atoms with Gasteiger partial charge in [-0.05, 0) is 17.5 Å². The summed E-state index contributed by atoms with van der Waals surface area (Å²) < 4.78 is 15.5. The molecule has 0 radical (unpaired) electrons. The smallest absolute Gasteiger partial charge is 0.348 e. The molecule has 0 saturated heterocycles. The van der Waals surface area contributed by atoms with Crippen LogP contribution < -0.4 is 10.1 Å². The maximum atomic E-state index is 11.6. The topological polar surface area (TPSA) is 73.9 Å². The molecule has 7 heteroatoms. The number of methoxy groups -OCH3 is 3. The second-order valence-corrected chi connectivity index (χ2v) is 5.21. The van der Waals surface area contributed by atoms with Crippen molar-refractivity contribution in [3.8, 4) is 5.75 Å². The zero-order chi connectivity index (χ0) is 15.4. The summed E-state index contributed by atoms with van der Waals surface area (Å²) in [5.41, 5.74) is 0.657. The van der Waals surface area contributed by atoms with Gasteiger partial charge in [0, 0.05) is 10.8 Å². The minimum atomic E-state index is -0.377. The van der Waals surface area contributed by atoms with E-state index in [1.807, 2.05) is 12.1 Å². The summed E-state index contributed by atoms with van der Waals surface area (Å²) in [6, 6.07) is 5.38. The van der Waals surface area contributed by atoms with Gasteiger partial charge in [-0.25, -0.2) is 4.79 Å². The molecule has 1 aromatic heterocycles. The van der Waals surface area contributed by atoms with Gasteiger partial charge >= 0.3 is 11.9 Å². The number of fused-ring (bicyclic) bond motifs is 1. The van der Waals surface area contributed by atoms with Gasteiger partial charge in [0.15, 0.2) is 0 Å². The minimum Gasteiger partial charge on any atom is -0.495 e. The molecule has 0 saturated carbocycles. The molecule has 0 bridgehead atoms. The van der Waals surface area contributed by atoms with Gasteiger partial charge in [-0.3, -0.25) is 4.79 Å². The van der Waals surface area contributed by atoms with Crippen LogP contribution in [0.5, 0.6) is 5.75 Å². The van der Waals surface area contributed by atoms with Crippen molar-refractivity contribution in [2.75, 3.05) is 33.2 Å². The first-order valence-electron chi connectivity index (χ1n) is 6.09. The SMILES string of the molecule is COC(=O)CNc1cc2cc(C(=O)OC)sc2cc1OC. The van der Waals surface area contributed by atoms with Gasteiger partial charge in [0.2, 0.25) is 0 Å². The van der Waals surface area contributed by atoms with Gasteiger partial charge in [0.1, 0.15) is 17.2 Å². The number of anilines is 1. The van der Waals surface area contributed by atoms with Crippen LogP contribution in [0.2, 0.25) is 0 Å². The molecule has 6 nitrogen and oxygen atoms in total. The molecular formula is C14H15NO5S. The van der Waals surface area contributed by atoms with Crippen molar-refractivity contribution < 1.29 is 23.8 Å². The second kappa shape index (κ2) is 6.45. The van der Waals surface area contributed by atoms with Gasteiger partial charge < -0.3 is 19.5 Å². The summed E-state index contributed by atoms with van der Waals surface area (Å²) in [7, 11) is 4.21. The number of benzene rings is 1. The van der Waals surface area contributed by atoms with Crippen LogP contribution in [0.4, 0.5) is 5.69 Å². The predicted molar refractivity (Wildman–Crippen MR) is 80.2 cm³/mol. The largest absolute Gasteiger partial charge is 0.495 e. The Hall–Kier alpha value is -2.28. The molecule has 2 aromatic rings. The molecule has 0 fully saturated rings. The van der Waals surface area contributed by atoms with Gasteiger partial charge in [-0.15, -0.1) is 11.3 Å². The molecule has 2 rings (SSSR count). The first kappa shape index (κ1) is 15.1. The number of nitrogens with one attached hydrogen (secondary N) is 1. The molecule has 0 atom stereocenters. The van der Waals surface area contributed by atoms with E-state index in [-0.39, 0.29) is 18.5 Å². The summed E-state index contributed by atoms with van der Waals surface area (Å²) in [6.07, 6.45) is 0. The lowest BCUT2D eigenvalue weighted by molar-refractivity contribution is -0.138. The Morgan fingerprint density at radius 1 is 1.14 bits per heavy atom. The fraction of sp³-hybridized carbons (Fsp3) is 0.286. The standard InChI is InChI=1S/C14H15NO5S/c1-18-10-6-11-8(5-12(21-11)14(17)20-3)4-9(10)15-7-13(16)19-2/h4-6,15H,7H2,1-3H3. The number of hydrogen-bond acceptors (Lipinski definition) is 7. The van der Waals surface area contributed by atoms with E-state index in [2.05, 4.69) is 10.1 Å². The maximum absolute atomic E-state index is 11.6. The molecule has 0 aliphatic rings. The zero-order valence-electron chi connectivity index (χ0n) is 11.9. The van der Waals surface area contributed by atoms with Crippen molar-refractivity contribution >= 4 is 39.0 Å². The van der Waals surface area contributed by atoms with E-state index < -0.39 is 0 Å². The Morgan fingerprint density at radius 3 is 2.52 bits per heavy atom. The summed E-state index contributed by atoms with van der Waals surface area (Å²) in [4.78, 5) is 23.3. The molecule has 0 aliphatic heterocycles. The van der Waals surface area contributed by atoms with Crippen molar-refractivity contribution in [1.29, 1.82) is 0 Å². The fourth-order valence-corrected chi connectivity index (χ4v) is 2.81. The monoisotopic (exact) mass is 309 g/mol. The Morgan fingerprint density at radius 2 is 1.90 bits per heavy atom. The van der Waals surface area contributed by atoms with Gasteiger partial charge in [-0.1, -0.05) is 0 Å². The molecule has 1 aromatic carbocycles. The number of hydrogen-bond donors (Lipinski definition) is 1. The Labute approximate surface area is 125 Å². The first-order valence-corrected chi connectivity index (χ1v) is 6.91. The Kier molecular flexibility index (Phi) is 4.64. The van der Waals surface area contributed by atoms with E-state index in [9.17, 15) is 9.59 Å². The highest BCUT2D eigenvalue weighted by molar-refractivity contribution is 7.20. The van der Waals surface area contributed by atoms with Crippen LogP contribution in [-0.2, 0) is 14.3 Å². The third-order valence-electron chi connectivity index (χ3n) is 2.88. The molecule has 112 valence electrons. The van der Waals surface area contributed by atoms with Gasteiger partial charge in [0.25, 0.3) is 0 Å². The van der Waals surface area contributed by atoms with E-state index in [4.69, 9.17) is 9.47 Å². The lowest BCUT2D eigenvalue weighted by atomic mass is 10.2. The summed E-state index contributed by atoms with van der Waals surface area (Å²) in [5, 5.41) is 3.82. The number of carbonyl (C=O) groups is 2. The fourth-order valence-electron chi connectivity index (χ4n) is 1.82. The van der Waals surface area contributed by atoms with Crippen LogP contribution in [0.3, 0.4) is 0 Å². The minimum absolute atomic E-state index is 0.0341. The number of carbonyl (C=O) groups excluding carboxylic acids is 2. The summed E-state index contributed by atoms with van der Waals surface area (Å²) in [5.74, 6) is -0.165. The lowest BCUT2D eigenvalue weighted by Crippen LogP contribution is -2.15. The number of ether oxygens (including phenoxy) is 3. The first-order chi connectivity index (χ1) is 10.1. The highest BCUT2D eigenvalue weighted by Crippen LogP contribution is 2.35. The Balaban J connectivity index is 2.36. The van der Waals surface area contributed by atoms with E-state index in [0.29, 0.717) is 16.3 Å². The second-order valence-electron chi connectivity index (χ2n) is 4.12. The van der Waals surface area contributed by atoms with Crippen LogP contribution >= 0.6 is 11.3 Å². The highest BCUT2D eigenvalue weighted by Gasteiger charge is 2.14. The van der Waals surface area contributed by atoms with E-state index in [1.54, 1.807) is 13.2 Å². The third kappa shape index (κ3) is 3.25.